The van der Waals surface area contributed by atoms with Gasteiger partial charge in [0.15, 0.2) is 6.10 Å². The van der Waals surface area contributed by atoms with Crippen LogP contribution in [0.1, 0.15) is 6.92 Å². The summed E-state index contributed by atoms with van der Waals surface area (Å²) in [6, 6.07) is 0. The Labute approximate surface area is 93.3 Å². The van der Waals surface area contributed by atoms with Gasteiger partial charge in [-0.25, -0.2) is 0 Å². The van der Waals surface area contributed by atoms with E-state index in [9.17, 15) is 14.7 Å². The molecule has 0 heterocycles. The van der Waals surface area contributed by atoms with Crippen LogP contribution in [0.5, 0.6) is 0 Å². The van der Waals surface area contributed by atoms with Gasteiger partial charge in [-0.15, -0.1) is 0 Å². The van der Waals surface area contributed by atoms with Crippen molar-refractivity contribution in [3.8, 4) is 0 Å². The maximum absolute atomic E-state index is 11.2. The fraction of sp³-hybridized carbons (Fsp3) is 0.625. The second-order valence-electron chi connectivity index (χ2n) is 3.33. The van der Waals surface area contributed by atoms with E-state index >= 15 is 0 Å². The van der Waals surface area contributed by atoms with Gasteiger partial charge in [-0.2, -0.15) is 0 Å². The van der Waals surface area contributed by atoms with Crippen LogP contribution in [-0.2, 0) is 14.1 Å². The normalized spacial score (nSPS) is 15.2. The first kappa shape index (κ1) is 15.3. The molecule has 0 rings (SSSR count). The molecule has 0 saturated carbocycles. The lowest BCUT2D eigenvalue weighted by molar-refractivity contribution is -0.131. The van der Waals surface area contributed by atoms with E-state index in [0.717, 1.165) is 0 Å². The van der Waals surface area contributed by atoms with Crippen molar-refractivity contribution < 1.29 is 29.0 Å². The van der Waals surface area contributed by atoms with Crippen LogP contribution in [0, 0.1) is 5.92 Å². The van der Waals surface area contributed by atoms with Crippen LogP contribution >= 0.6 is 7.57 Å². The number of aliphatic hydroxyl groups excluding tert-OH is 1. The van der Waals surface area contributed by atoms with Crippen LogP contribution in [0.4, 0.5) is 0 Å². The lowest BCUT2D eigenvalue weighted by Gasteiger charge is -2.15. The van der Waals surface area contributed by atoms with E-state index in [-0.39, 0.29) is 12.5 Å². The monoisotopic (exact) mass is 253 g/mol. The number of rotatable bonds is 7. The highest BCUT2D eigenvalue weighted by molar-refractivity contribution is 7.57. The number of aliphatic hydroxyl groups is 1. The Kier molecular flexibility index (Phi) is 6.47. The first-order chi connectivity index (χ1) is 7.26. The maximum atomic E-state index is 11.2. The predicted molar refractivity (Wildman–Crippen MR) is 58.7 cm³/mol. The van der Waals surface area contributed by atoms with Crippen LogP contribution in [0.2, 0.25) is 0 Å². The van der Waals surface area contributed by atoms with E-state index < -0.39 is 26.2 Å². The summed E-state index contributed by atoms with van der Waals surface area (Å²) < 4.78 is 4.38. The molecule has 0 aromatic carbocycles. The van der Waals surface area contributed by atoms with Gasteiger partial charge in [0.1, 0.15) is 6.29 Å². The molecular weight excluding hydrogens is 237 g/mol. The van der Waals surface area contributed by atoms with Crippen molar-refractivity contribution in [2.75, 3.05) is 13.2 Å². The lowest BCUT2D eigenvalue weighted by Crippen LogP contribution is -2.39. The number of hydrogen-bond donors (Lipinski definition) is 4. The molecule has 0 spiro atoms. The molecule has 94 valence electrons. The fourth-order valence-corrected chi connectivity index (χ4v) is 1.07. The number of carbonyl (C=O) groups is 2. The van der Waals surface area contributed by atoms with E-state index in [2.05, 4.69) is 16.1 Å². The standard InChI is InChI=1S/C8H16NO6P/c1-6(4-10)3-9-8(12)7(11)5-15-16(2,13)14/h4,6-7,11,13-14H,2-3,5H2,1H3,(H,9,12). The molecule has 0 aromatic rings. The van der Waals surface area contributed by atoms with Gasteiger partial charge in [-0.05, 0) is 6.30 Å². The number of amides is 1. The predicted octanol–water partition coefficient (Wildman–Crippen LogP) is -1.51. The highest BCUT2D eigenvalue weighted by atomic mass is 31.2. The molecule has 1 amide bonds. The average Bonchev–Trinajstić information content (AvgIpc) is 2.20. The van der Waals surface area contributed by atoms with Crippen LogP contribution in [0.25, 0.3) is 0 Å². The zero-order valence-corrected chi connectivity index (χ0v) is 9.76. The van der Waals surface area contributed by atoms with Crippen LogP contribution in [0.15, 0.2) is 0 Å². The molecule has 7 nitrogen and oxygen atoms in total. The molecule has 0 saturated heterocycles. The third-order valence-corrected chi connectivity index (χ3v) is 2.13. The molecule has 0 aliphatic rings. The van der Waals surface area contributed by atoms with Crippen molar-refractivity contribution in [1.29, 1.82) is 0 Å². The third-order valence-electron chi connectivity index (χ3n) is 1.57. The Morgan fingerprint density at radius 2 is 2.19 bits per heavy atom. The SMILES string of the molecule is C=P(O)(O)OCC(O)C(=O)NCC(C)C=O. The summed E-state index contributed by atoms with van der Waals surface area (Å²) in [5, 5.41) is 11.5. The van der Waals surface area contributed by atoms with Crippen molar-refractivity contribution >= 4 is 26.1 Å². The van der Waals surface area contributed by atoms with E-state index in [1.54, 1.807) is 6.92 Å². The Bertz CT molecular complexity index is 288. The molecule has 0 fully saturated rings. The molecular formula is C8H16NO6P. The topological polar surface area (TPSA) is 116 Å². The van der Waals surface area contributed by atoms with Crippen LogP contribution < -0.4 is 5.32 Å². The van der Waals surface area contributed by atoms with E-state index in [1.165, 1.54) is 0 Å². The van der Waals surface area contributed by atoms with Gasteiger partial charge >= 0.3 is 0 Å². The Morgan fingerprint density at radius 1 is 1.62 bits per heavy atom. The van der Waals surface area contributed by atoms with Crippen molar-refractivity contribution in [3.63, 3.8) is 0 Å². The summed E-state index contributed by atoms with van der Waals surface area (Å²) in [7, 11) is -3.70. The Hall–Kier alpha value is -0.720. The second-order valence-corrected chi connectivity index (χ2v) is 4.92. The minimum Gasteiger partial charge on any atom is -0.381 e. The minimum atomic E-state index is -3.70. The van der Waals surface area contributed by atoms with Gasteiger partial charge in [-0.1, -0.05) is 6.92 Å². The minimum absolute atomic E-state index is 0.0995. The van der Waals surface area contributed by atoms with E-state index in [0.29, 0.717) is 6.29 Å². The molecule has 0 bridgehead atoms. The summed E-state index contributed by atoms with van der Waals surface area (Å²) >= 11 is 0. The zero-order chi connectivity index (χ0) is 12.8. The van der Waals surface area contributed by atoms with Crippen molar-refractivity contribution in [2.45, 2.75) is 13.0 Å². The average molecular weight is 253 g/mol. The van der Waals surface area contributed by atoms with E-state index in [4.69, 9.17) is 9.79 Å². The molecule has 4 N–H and O–H groups in total. The molecule has 0 aliphatic heterocycles. The summed E-state index contributed by atoms with van der Waals surface area (Å²) in [5.41, 5.74) is 0. The fourth-order valence-electron chi connectivity index (χ4n) is 0.693. The smallest absolute Gasteiger partial charge is 0.251 e. The molecule has 0 aliphatic carbocycles. The van der Waals surface area contributed by atoms with Gasteiger partial charge in [0.2, 0.25) is 7.57 Å². The summed E-state index contributed by atoms with van der Waals surface area (Å²) in [4.78, 5) is 38.9. The van der Waals surface area contributed by atoms with Gasteiger partial charge < -0.3 is 29.5 Å². The molecule has 8 heteroatoms. The number of nitrogens with one attached hydrogen (secondary N) is 1. The van der Waals surface area contributed by atoms with Gasteiger partial charge in [0, 0.05) is 12.5 Å². The highest BCUT2D eigenvalue weighted by Gasteiger charge is 2.18. The Balaban J connectivity index is 3.91. The quantitative estimate of drug-likeness (QED) is 0.324. The third kappa shape index (κ3) is 7.56. The van der Waals surface area contributed by atoms with Crippen LogP contribution in [-0.4, -0.2) is 52.6 Å². The number of aldehydes is 1. The van der Waals surface area contributed by atoms with Gasteiger partial charge in [0.05, 0.1) is 6.61 Å². The van der Waals surface area contributed by atoms with Gasteiger partial charge in [-0.3, -0.25) is 4.79 Å². The van der Waals surface area contributed by atoms with Crippen molar-refractivity contribution in [2.24, 2.45) is 5.92 Å². The van der Waals surface area contributed by atoms with Crippen LogP contribution in [0.3, 0.4) is 0 Å². The lowest BCUT2D eigenvalue weighted by atomic mass is 10.2. The summed E-state index contributed by atoms with van der Waals surface area (Å²) in [5.74, 6) is -1.10. The molecule has 2 atom stereocenters. The second kappa shape index (κ2) is 6.78. The molecule has 0 aromatic heterocycles. The molecule has 0 radical (unpaired) electrons. The maximum Gasteiger partial charge on any atom is 0.251 e. The number of hydrogen-bond acceptors (Lipinski definition) is 6. The Morgan fingerprint density at radius 3 is 2.62 bits per heavy atom. The number of carbonyl (C=O) groups excluding carboxylic acids is 2. The van der Waals surface area contributed by atoms with E-state index in [1.807, 2.05) is 0 Å². The zero-order valence-electron chi connectivity index (χ0n) is 8.87. The first-order valence-electron chi connectivity index (χ1n) is 4.50. The summed E-state index contributed by atoms with van der Waals surface area (Å²) in [6.07, 6.45) is 2.04. The molecule has 16 heavy (non-hydrogen) atoms. The van der Waals surface area contributed by atoms with Gasteiger partial charge in [0.25, 0.3) is 5.91 Å². The summed E-state index contributed by atoms with van der Waals surface area (Å²) in [6.45, 7) is 1.14. The van der Waals surface area contributed by atoms with Crippen molar-refractivity contribution in [3.05, 3.63) is 0 Å². The molecule has 2 unspecified atom stereocenters. The highest BCUT2D eigenvalue weighted by Crippen LogP contribution is 2.34. The largest absolute Gasteiger partial charge is 0.381 e. The first-order valence-corrected chi connectivity index (χ1v) is 6.30. The van der Waals surface area contributed by atoms with Crippen molar-refractivity contribution in [1.82, 2.24) is 5.32 Å².